The van der Waals surface area contributed by atoms with Crippen LogP contribution in [0.15, 0.2) is 0 Å². The summed E-state index contributed by atoms with van der Waals surface area (Å²) in [6.07, 6.45) is 2.09. The van der Waals surface area contributed by atoms with E-state index in [1.165, 1.54) is 6.66 Å². The van der Waals surface area contributed by atoms with Gasteiger partial charge in [0.2, 0.25) is 0 Å². The van der Waals surface area contributed by atoms with Crippen LogP contribution in [0.5, 0.6) is 0 Å². The van der Waals surface area contributed by atoms with E-state index >= 15 is 0 Å². The van der Waals surface area contributed by atoms with E-state index in [2.05, 4.69) is 6.92 Å². The van der Waals surface area contributed by atoms with Crippen molar-refractivity contribution in [3.8, 4) is 0 Å². The molecule has 0 saturated heterocycles. The molecule has 68 valence electrons. The third-order valence-corrected chi connectivity index (χ3v) is 3.78. The highest BCUT2D eigenvalue weighted by Gasteiger charge is 2.20. The molecule has 0 bridgehead atoms. The third-order valence-electron chi connectivity index (χ3n) is 1.51. The maximum Gasteiger partial charge on any atom is 0.193 e. The second-order valence-corrected chi connectivity index (χ2v) is 7.21. The Kier molecular flexibility index (Phi) is 5.41. The van der Waals surface area contributed by atoms with Crippen LogP contribution in [0.25, 0.3) is 0 Å². The zero-order valence-corrected chi connectivity index (χ0v) is 8.99. The van der Waals surface area contributed by atoms with E-state index in [9.17, 15) is 4.57 Å². The van der Waals surface area contributed by atoms with Crippen LogP contribution in [0.1, 0.15) is 26.7 Å². The first kappa shape index (κ1) is 11.5. The molecule has 11 heavy (non-hydrogen) atoms. The van der Waals surface area contributed by atoms with Gasteiger partial charge in [0.15, 0.2) is 6.49 Å². The van der Waals surface area contributed by atoms with Crippen LogP contribution in [-0.4, -0.2) is 19.1 Å². The van der Waals surface area contributed by atoms with Crippen LogP contribution in [0, 0.1) is 0 Å². The van der Waals surface area contributed by atoms with E-state index < -0.39 is 6.49 Å². The fraction of sp³-hybridized carbons (Fsp3) is 1.00. The average Bonchev–Trinajstić information content (AvgIpc) is 1.86. The summed E-state index contributed by atoms with van der Waals surface area (Å²) in [7, 11) is 0. The minimum atomic E-state index is -2.55. The molecule has 2 atom stereocenters. The van der Waals surface area contributed by atoms with Crippen LogP contribution in [0.3, 0.4) is 0 Å². The Morgan fingerprint density at radius 1 is 1.64 bits per heavy atom. The third kappa shape index (κ3) is 5.72. The van der Waals surface area contributed by atoms with Gasteiger partial charge in [0, 0.05) is 13.3 Å². The Morgan fingerprint density at radius 3 is 2.55 bits per heavy atom. The monoisotopic (exact) mass is 198 g/mol. The average molecular weight is 199 g/mol. The fourth-order valence-corrected chi connectivity index (χ4v) is 1.07. The van der Waals surface area contributed by atoms with E-state index in [1.807, 2.05) is 0 Å². The molecular formula is C7H16ClO2P. The summed E-state index contributed by atoms with van der Waals surface area (Å²) in [5, 5.41) is 0. The summed E-state index contributed by atoms with van der Waals surface area (Å²) >= 11 is 5.59. The Labute approximate surface area is 73.4 Å². The summed E-state index contributed by atoms with van der Waals surface area (Å²) in [6, 6.07) is 0. The summed E-state index contributed by atoms with van der Waals surface area (Å²) in [5.74, 6) is -0.310. The van der Waals surface area contributed by atoms with E-state index in [4.69, 9.17) is 16.0 Å². The van der Waals surface area contributed by atoms with Gasteiger partial charge in [-0.3, -0.25) is 0 Å². The van der Waals surface area contributed by atoms with Gasteiger partial charge in [-0.1, -0.05) is 24.6 Å². The maximum absolute atomic E-state index is 11.1. The van der Waals surface area contributed by atoms with Crippen molar-refractivity contribution < 1.29 is 9.30 Å². The molecular weight excluding hydrogens is 183 g/mol. The predicted molar refractivity (Wildman–Crippen MR) is 49.7 cm³/mol. The van der Waals surface area contributed by atoms with Crippen molar-refractivity contribution in [3.63, 3.8) is 0 Å². The standard InChI is InChI=1S/C7H16ClO2P/c1-4-5-6-10-7(2)11(3,8)9/h7H,4-6H2,1-3H3. The van der Waals surface area contributed by atoms with Gasteiger partial charge in [0.1, 0.15) is 5.85 Å². The highest BCUT2D eigenvalue weighted by molar-refractivity contribution is 7.88. The zero-order valence-electron chi connectivity index (χ0n) is 7.34. The molecule has 0 aliphatic heterocycles. The first-order valence-electron chi connectivity index (χ1n) is 3.87. The van der Waals surface area contributed by atoms with Gasteiger partial charge < -0.3 is 9.30 Å². The molecule has 0 aliphatic rings. The molecule has 0 N–H and O–H groups in total. The van der Waals surface area contributed by atoms with Crippen molar-refractivity contribution in [2.75, 3.05) is 13.3 Å². The van der Waals surface area contributed by atoms with Gasteiger partial charge in [-0.05, 0) is 13.3 Å². The normalized spacial score (nSPS) is 19.3. The molecule has 0 radical (unpaired) electrons. The van der Waals surface area contributed by atoms with Crippen molar-refractivity contribution in [2.45, 2.75) is 32.5 Å². The molecule has 0 aliphatic carbocycles. The smallest absolute Gasteiger partial charge is 0.193 e. The Bertz CT molecular complexity index is 143. The maximum atomic E-state index is 11.1. The highest BCUT2D eigenvalue weighted by Crippen LogP contribution is 2.52. The predicted octanol–water partition coefficient (Wildman–Crippen LogP) is 3.30. The number of rotatable bonds is 5. The van der Waals surface area contributed by atoms with Crippen LogP contribution in [0.4, 0.5) is 0 Å². The number of hydrogen-bond acceptors (Lipinski definition) is 2. The topological polar surface area (TPSA) is 26.3 Å². The van der Waals surface area contributed by atoms with Crippen LogP contribution >= 0.6 is 17.7 Å². The quantitative estimate of drug-likeness (QED) is 0.501. The Morgan fingerprint density at radius 2 is 2.18 bits per heavy atom. The molecule has 2 nitrogen and oxygen atoms in total. The lowest BCUT2D eigenvalue weighted by molar-refractivity contribution is 0.114. The van der Waals surface area contributed by atoms with E-state index in [-0.39, 0.29) is 5.85 Å². The van der Waals surface area contributed by atoms with Crippen molar-refractivity contribution in [1.82, 2.24) is 0 Å². The Hall–Kier alpha value is 0.480. The molecule has 0 saturated carbocycles. The van der Waals surface area contributed by atoms with E-state index in [0.717, 1.165) is 12.8 Å². The van der Waals surface area contributed by atoms with Crippen LogP contribution in [0.2, 0.25) is 0 Å². The lowest BCUT2D eigenvalue weighted by atomic mass is 10.4. The minimum Gasteiger partial charge on any atom is -0.370 e. The molecule has 0 spiro atoms. The molecule has 0 aromatic heterocycles. The summed E-state index contributed by atoms with van der Waals surface area (Å²) in [4.78, 5) is 0. The van der Waals surface area contributed by atoms with Gasteiger partial charge in [-0.15, -0.1) is 0 Å². The fourth-order valence-electron chi connectivity index (χ4n) is 0.531. The largest absolute Gasteiger partial charge is 0.370 e. The molecule has 0 aromatic carbocycles. The van der Waals surface area contributed by atoms with Crippen molar-refractivity contribution in [2.24, 2.45) is 0 Å². The molecule has 4 heteroatoms. The lowest BCUT2D eigenvalue weighted by Crippen LogP contribution is -2.06. The summed E-state index contributed by atoms with van der Waals surface area (Å²) in [5.41, 5.74) is 0. The second kappa shape index (κ2) is 5.18. The molecule has 0 heterocycles. The van der Waals surface area contributed by atoms with Gasteiger partial charge in [0.25, 0.3) is 0 Å². The zero-order chi connectivity index (χ0) is 8.91. The number of hydrogen-bond donors (Lipinski definition) is 0. The van der Waals surface area contributed by atoms with Gasteiger partial charge >= 0.3 is 0 Å². The van der Waals surface area contributed by atoms with E-state index in [0.29, 0.717) is 6.61 Å². The van der Waals surface area contributed by atoms with Gasteiger partial charge in [0.05, 0.1) is 0 Å². The molecule has 0 amide bonds. The summed E-state index contributed by atoms with van der Waals surface area (Å²) < 4.78 is 16.4. The lowest BCUT2D eigenvalue weighted by Gasteiger charge is -2.14. The van der Waals surface area contributed by atoms with Gasteiger partial charge in [-0.25, -0.2) is 0 Å². The first-order valence-corrected chi connectivity index (χ1v) is 6.99. The minimum absolute atomic E-state index is 0.310. The Balaban J connectivity index is 3.53. The number of halogens is 1. The molecule has 0 rings (SSSR count). The second-order valence-electron chi connectivity index (χ2n) is 2.71. The molecule has 0 aromatic rings. The molecule has 2 unspecified atom stereocenters. The van der Waals surface area contributed by atoms with Crippen molar-refractivity contribution >= 4 is 17.7 Å². The SMILES string of the molecule is CCCCOC(C)P(C)(=O)Cl. The van der Waals surface area contributed by atoms with Crippen molar-refractivity contribution in [3.05, 3.63) is 0 Å². The number of unbranched alkanes of at least 4 members (excludes halogenated alkanes) is 1. The first-order chi connectivity index (χ1) is 4.98. The molecule has 0 fully saturated rings. The highest BCUT2D eigenvalue weighted by atomic mass is 35.7. The van der Waals surface area contributed by atoms with Crippen LogP contribution in [-0.2, 0) is 9.30 Å². The van der Waals surface area contributed by atoms with Crippen molar-refractivity contribution in [1.29, 1.82) is 0 Å². The summed E-state index contributed by atoms with van der Waals surface area (Å²) in [6.45, 7) is 3.48. The number of ether oxygens (including phenoxy) is 1. The van der Waals surface area contributed by atoms with Gasteiger partial charge in [-0.2, -0.15) is 0 Å². The van der Waals surface area contributed by atoms with E-state index in [1.54, 1.807) is 6.92 Å². The van der Waals surface area contributed by atoms with Crippen LogP contribution < -0.4 is 0 Å².